The molecule has 1 saturated heterocycles. The van der Waals surface area contributed by atoms with Crippen LogP contribution in [0.3, 0.4) is 0 Å². The largest absolute Gasteiger partial charge is 0.489 e. The van der Waals surface area contributed by atoms with Crippen LogP contribution in [0.1, 0.15) is 20.3 Å². The van der Waals surface area contributed by atoms with E-state index in [1.54, 1.807) is 0 Å². The number of likely N-dealkylation sites (tertiary alicyclic amines) is 1. The number of urea groups is 1. The van der Waals surface area contributed by atoms with Gasteiger partial charge in [0.25, 0.3) is 0 Å². The van der Waals surface area contributed by atoms with Crippen molar-refractivity contribution in [2.45, 2.75) is 32.5 Å². The Labute approximate surface area is 117 Å². The zero-order valence-corrected chi connectivity index (χ0v) is 11.6. The van der Waals surface area contributed by atoms with Crippen molar-refractivity contribution >= 4 is 11.7 Å². The Hall–Kier alpha value is -1.82. The van der Waals surface area contributed by atoms with Crippen LogP contribution in [0.25, 0.3) is 0 Å². The average molecular weight is 282 g/mol. The van der Waals surface area contributed by atoms with E-state index >= 15 is 0 Å². The zero-order chi connectivity index (χ0) is 14.7. The molecular weight excluding hydrogens is 263 g/mol. The summed E-state index contributed by atoms with van der Waals surface area (Å²) in [7, 11) is 0. The van der Waals surface area contributed by atoms with Crippen LogP contribution in [0.15, 0.2) is 18.2 Å². The van der Waals surface area contributed by atoms with Gasteiger partial charge in [-0.25, -0.2) is 9.18 Å². The van der Waals surface area contributed by atoms with Gasteiger partial charge in [0, 0.05) is 19.2 Å². The van der Waals surface area contributed by atoms with E-state index in [-0.39, 0.29) is 12.1 Å². The molecule has 1 heterocycles. The number of halogens is 1. The number of nitrogens with zero attached hydrogens (tertiary/aromatic N) is 1. The zero-order valence-electron chi connectivity index (χ0n) is 11.6. The molecular formula is C14H19FN2O3. The molecule has 110 valence electrons. The van der Waals surface area contributed by atoms with Gasteiger partial charge in [0.15, 0.2) is 0 Å². The van der Waals surface area contributed by atoms with Crippen LogP contribution in [0.2, 0.25) is 0 Å². The summed E-state index contributed by atoms with van der Waals surface area (Å²) < 4.78 is 18.8. The number of aliphatic hydroxyl groups is 1. The van der Waals surface area contributed by atoms with Crippen LogP contribution in [-0.4, -0.2) is 41.3 Å². The highest BCUT2D eigenvalue weighted by Gasteiger charge is 2.25. The first-order chi connectivity index (χ1) is 9.45. The highest BCUT2D eigenvalue weighted by Crippen LogP contribution is 2.27. The fourth-order valence-corrected chi connectivity index (χ4v) is 2.08. The first-order valence-corrected chi connectivity index (χ1v) is 6.66. The minimum atomic E-state index is -0.486. The van der Waals surface area contributed by atoms with E-state index in [1.807, 2.05) is 13.8 Å². The molecule has 2 amide bonds. The monoisotopic (exact) mass is 282 g/mol. The molecule has 1 aliphatic heterocycles. The van der Waals surface area contributed by atoms with Gasteiger partial charge in [-0.15, -0.1) is 0 Å². The van der Waals surface area contributed by atoms with Gasteiger partial charge in [-0.3, -0.25) is 0 Å². The van der Waals surface area contributed by atoms with Crippen molar-refractivity contribution < 1.29 is 19.0 Å². The number of carbonyl (C=O) groups excluding carboxylic acids is 1. The maximum atomic E-state index is 13.3. The molecule has 0 aliphatic carbocycles. The molecule has 0 spiro atoms. The lowest BCUT2D eigenvalue weighted by Crippen LogP contribution is -2.33. The maximum absolute atomic E-state index is 13.3. The average Bonchev–Trinajstić information content (AvgIpc) is 2.79. The number of β-amino-alcohol motifs (C(OH)–C–C–N with tert-alkyl or cyclic N) is 1. The van der Waals surface area contributed by atoms with Crippen molar-refractivity contribution in [1.82, 2.24) is 4.90 Å². The molecule has 2 N–H and O–H groups in total. The van der Waals surface area contributed by atoms with Gasteiger partial charge in [-0.1, -0.05) is 0 Å². The van der Waals surface area contributed by atoms with E-state index in [0.29, 0.717) is 30.9 Å². The third kappa shape index (κ3) is 3.60. The quantitative estimate of drug-likeness (QED) is 0.893. The first-order valence-electron chi connectivity index (χ1n) is 6.66. The summed E-state index contributed by atoms with van der Waals surface area (Å²) in [4.78, 5) is 13.5. The molecule has 0 aromatic heterocycles. The van der Waals surface area contributed by atoms with Gasteiger partial charge in [0.05, 0.1) is 17.9 Å². The molecule has 1 aromatic carbocycles. The number of hydrogen-bond acceptors (Lipinski definition) is 3. The fourth-order valence-electron chi connectivity index (χ4n) is 2.08. The number of benzene rings is 1. The molecule has 20 heavy (non-hydrogen) atoms. The summed E-state index contributed by atoms with van der Waals surface area (Å²) >= 11 is 0. The molecule has 1 atom stereocenters. The second-order valence-electron chi connectivity index (χ2n) is 5.13. The van der Waals surface area contributed by atoms with E-state index in [1.165, 1.54) is 23.1 Å². The Kier molecular flexibility index (Phi) is 4.44. The highest BCUT2D eigenvalue weighted by atomic mass is 19.1. The Morgan fingerprint density at radius 3 is 2.90 bits per heavy atom. The van der Waals surface area contributed by atoms with Crippen molar-refractivity contribution in [3.63, 3.8) is 0 Å². The number of carbonyl (C=O) groups is 1. The molecule has 1 aliphatic rings. The summed E-state index contributed by atoms with van der Waals surface area (Å²) in [6.07, 6.45) is -0.00397. The number of anilines is 1. The second kappa shape index (κ2) is 6.09. The summed E-state index contributed by atoms with van der Waals surface area (Å²) in [6.45, 7) is 4.49. The van der Waals surface area contributed by atoms with E-state index in [0.717, 1.165) is 0 Å². The first kappa shape index (κ1) is 14.6. The lowest BCUT2D eigenvalue weighted by molar-refractivity contribution is 0.176. The Bertz CT molecular complexity index is 493. The van der Waals surface area contributed by atoms with Crippen LogP contribution in [-0.2, 0) is 0 Å². The standard InChI is InChI=1S/C14H19FN2O3/c1-9(2)20-13-4-3-10(15)7-12(13)16-14(19)17-6-5-11(18)8-17/h3-4,7,9,11,18H,5-6,8H2,1-2H3,(H,16,19)/t11-/m1/s1. The Balaban J connectivity index is 2.11. The SMILES string of the molecule is CC(C)Oc1ccc(F)cc1NC(=O)N1CC[C@@H](O)C1. The summed E-state index contributed by atoms with van der Waals surface area (Å²) in [5.41, 5.74) is 0.296. The number of ether oxygens (including phenoxy) is 1. The Morgan fingerprint density at radius 1 is 1.55 bits per heavy atom. The molecule has 6 heteroatoms. The highest BCUT2D eigenvalue weighted by molar-refractivity contribution is 5.91. The van der Waals surface area contributed by atoms with Gasteiger partial charge in [-0.2, -0.15) is 0 Å². The molecule has 2 rings (SSSR count). The molecule has 0 saturated carbocycles. The number of rotatable bonds is 3. The fraction of sp³-hybridized carbons (Fsp3) is 0.500. The van der Waals surface area contributed by atoms with Crippen molar-refractivity contribution in [2.24, 2.45) is 0 Å². The van der Waals surface area contributed by atoms with Crippen molar-refractivity contribution in [1.29, 1.82) is 0 Å². The number of hydrogen-bond donors (Lipinski definition) is 2. The van der Waals surface area contributed by atoms with Crippen molar-refractivity contribution in [2.75, 3.05) is 18.4 Å². The van der Waals surface area contributed by atoms with Gasteiger partial charge >= 0.3 is 6.03 Å². The third-order valence-electron chi connectivity index (χ3n) is 3.00. The number of aliphatic hydroxyl groups excluding tert-OH is 1. The normalized spacial score (nSPS) is 18.4. The third-order valence-corrected chi connectivity index (χ3v) is 3.00. The number of amides is 2. The van der Waals surface area contributed by atoms with Crippen LogP contribution >= 0.6 is 0 Å². The van der Waals surface area contributed by atoms with Gasteiger partial charge < -0.3 is 20.1 Å². The van der Waals surface area contributed by atoms with Crippen LogP contribution < -0.4 is 10.1 Å². The van der Waals surface area contributed by atoms with Gasteiger partial charge in [0.2, 0.25) is 0 Å². The number of nitrogens with one attached hydrogen (secondary N) is 1. The van der Waals surface area contributed by atoms with E-state index in [9.17, 15) is 14.3 Å². The van der Waals surface area contributed by atoms with Gasteiger partial charge in [-0.05, 0) is 32.4 Å². The summed E-state index contributed by atoms with van der Waals surface area (Å²) in [5.74, 6) is -0.0210. The minimum absolute atomic E-state index is 0.0790. The molecule has 0 bridgehead atoms. The molecule has 1 fully saturated rings. The molecule has 0 unspecified atom stereocenters. The van der Waals surface area contributed by atoms with Crippen LogP contribution in [0.4, 0.5) is 14.9 Å². The maximum Gasteiger partial charge on any atom is 0.322 e. The van der Waals surface area contributed by atoms with Crippen LogP contribution in [0, 0.1) is 5.82 Å². The molecule has 5 nitrogen and oxygen atoms in total. The van der Waals surface area contributed by atoms with Crippen LogP contribution in [0.5, 0.6) is 5.75 Å². The molecule has 0 radical (unpaired) electrons. The van der Waals surface area contributed by atoms with Gasteiger partial charge in [0.1, 0.15) is 11.6 Å². The predicted molar refractivity (Wildman–Crippen MR) is 73.4 cm³/mol. The van der Waals surface area contributed by atoms with E-state index < -0.39 is 11.9 Å². The van der Waals surface area contributed by atoms with E-state index in [2.05, 4.69) is 5.32 Å². The predicted octanol–water partition coefficient (Wildman–Crippen LogP) is 2.21. The summed E-state index contributed by atoms with van der Waals surface area (Å²) in [5, 5.41) is 12.1. The van der Waals surface area contributed by atoms with Crippen molar-refractivity contribution in [3.05, 3.63) is 24.0 Å². The topological polar surface area (TPSA) is 61.8 Å². The van der Waals surface area contributed by atoms with Crippen molar-refractivity contribution in [3.8, 4) is 5.75 Å². The second-order valence-corrected chi connectivity index (χ2v) is 5.13. The van der Waals surface area contributed by atoms with E-state index in [4.69, 9.17) is 4.74 Å². The lowest BCUT2D eigenvalue weighted by atomic mass is 10.2. The molecule has 1 aromatic rings. The Morgan fingerprint density at radius 2 is 2.30 bits per heavy atom. The smallest absolute Gasteiger partial charge is 0.322 e. The lowest BCUT2D eigenvalue weighted by Gasteiger charge is -2.19. The summed E-state index contributed by atoms with van der Waals surface area (Å²) in [6, 6.07) is 3.64. The minimum Gasteiger partial charge on any atom is -0.489 e.